The maximum Gasteiger partial charge on any atom is 0.332 e. The minimum Gasteiger partial charge on any atom is -0.479 e. The van der Waals surface area contributed by atoms with Crippen molar-refractivity contribution in [2.75, 3.05) is 13.2 Å². The van der Waals surface area contributed by atoms with Gasteiger partial charge in [-0.2, -0.15) is 0 Å². The van der Waals surface area contributed by atoms with Gasteiger partial charge < -0.3 is 40.9 Å². The summed E-state index contributed by atoms with van der Waals surface area (Å²) < 4.78 is 5.29. The molecule has 7 N–H and O–H groups in total. The fourth-order valence-corrected chi connectivity index (χ4v) is 3.30. The Hall–Kier alpha value is -3.01. The van der Waals surface area contributed by atoms with Crippen LogP contribution in [0.15, 0.2) is 24.3 Å². The number of aliphatic hydroxyl groups excluding tert-OH is 4. The summed E-state index contributed by atoms with van der Waals surface area (Å²) in [6.45, 7) is -1.31. The third-order valence-corrected chi connectivity index (χ3v) is 5.02. The zero-order valence-electron chi connectivity index (χ0n) is 17.0. The van der Waals surface area contributed by atoms with Crippen molar-refractivity contribution in [1.82, 2.24) is 10.6 Å². The smallest absolute Gasteiger partial charge is 0.332 e. The van der Waals surface area contributed by atoms with Gasteiger partial charge in [0.25, 0.3) is 0 Å². The number of ether oxygens (including phenoxy) is 1. The van der Waals surface area contributed by atoms with E-state index in [4.69, 9.17) is 16.3 Å². The van der Waals surface area contributed by atoms with Crippen LogP contribution in [0, 0.1) is 12.3 Å². The number of carboxylic acid groups (broad SMARTS) is 1. The van der Waals surface area contributed by atoms with Crippen molar-refractivity contribution in [1.29, 1.82) is 0 Å². The van der Waals surface area contributed by atoms with E-state index >= 15 is 0 Å². The summed E-state index contributed by atoms with van der Waals surface area (Å²) in [5.74, 6) is -0.284. The predicted molar refractivity (Wildman–Crippen MR) is 109 cm³/mol. The molecule has 1 aromatic rings. The highest BCUT2D eigenvalue weighted by atomic mass is 16.5. The largest absolute Gasteiger partial charge is 0.479 e. The van der Waals surface area contributed by atoms with E-state index in [0.29, 0.717) is 11.1 Å². The van der Waals surface area contributed by atoms with E-state index < -0.39 is 67.5 Å². The summed E-state index contributed by atoms with van der Waals surface area (Å²) in [5, 5.41) is 53.9. The number of nitrogens with one attached hydrogen (secondary N) is 2. The molecule has 1 fully saturated rings. The molecule has 4 unspecified atom stereocenters. The highest BCUT2D eigenvalue weighted by Crippen LogP contribution is 2.24. The molecule has 2 amide bonds. The van der Waals surface area contributed by atoms with E-state index in [-0.39, 0.29) is 12.8 Å². The fraction of sp³-hybridized carbons (Fsp3) is 0.476. The molecule has 0 bridgehead atoms. The highest BCUT2D eigenvalue weighted by Gasteiger charge is 2.46. The van der Waals surface area contributed by atoms with Crippen LogP contribution in [-0.2, 0) is 25.5 Å². The lowest BCUT2D eigenvalue weighted by molar-refractivity contribution is -0.193. The Morgan fingerprint density at radius 3 is 2.41 bits per heavy atom. The van der Waals surface area contributed by atoms with Gasteiger partial charge in [0.05, 0.1) is 24.7 Å². The van der Waals surface area contributed by atoms with Crippen LogP contribution in [-0.4, -0.2) is 93.0 Å². The van der Waals surface area contributed by atoms with Crippen molar-refractivity contribution in [2.24, 2.45) is 0 Å². The van der Waals surface area contributed by atoms with Crippen LogP contribution in [0.3, 0.4) is 0 Å². The second-order valence-corrected chi connectivity index (χ2v) is 7.36. The molecule has 2 rings (SSSR count). The van der Waals surface area contributed by atoms with Crippen molar-refractivity contribution in [3.05, 3.63) is 35.4 Å². The van der Waals surface area contributed by atoms with Crippen LogP contribution in [0.4, 0.5) is 0 Å². The number of amides is 2. The monoisotopic (exact) mass is 450 g/mol. The molecule has 174 valence electrons. The average molecular weight is 450 g/mol. The second-order valence-electron chi connectivity index (χ2n) is 7.36. The van der Waals surface area contributed by atoms with Crippen LogP contribution in [0.1, 0.15) is 17.5 Å². The Morgan fingerprint density at radius 2 is 1.84 bits per heavy atom. The number of benzene rings is 1. The normalized spacial score (nSPS) is 24.6. The van der Waals surface area contributed by atoms with Crippen LogP contribution in [0.5, 0.6) is 0 Å². The number of rotatable bonds is 9. The minimum atomic E-state index is -1.77. The van der Waals surface area contributed by atoms with Gasteiger partial charge in [-0.15, -0.1) is 6.42 Å². The molecule has 32 heavy (non-hydrogen) atoms. The number of carbonyl (C=O) groups excluding carboxylic acids is 2. The molecular formula is C21H26N2O9. The summed E-state index contributed by atoms with van der Waals surface area (Å²) in [6, 6.07) is 5.41. The number of hydrogen-bond donors (Lipinski definition) is 7. The van der Waals surface area contributed by atoms with Gasteiger partial charge in [0.1, 0.15) is 18.8 Å². The molecule has 6 atom stereocenters. The van der Waals surface area contributed by atoms with E-state index in [1.165, 1.54) is 0 Å². The molecule has 1 aliphatic heterocycles. The Labute approximate surface area is 184 Å². The molecule has 0 aliphatic carbocycles. The molecule has 0 radical (unpaired) electrons. The lowest BCUT2D eigenvalue weighted by Gasteiger charge is -2.41. The third-order valence-electron chi connectivity index (χ3n) is 5.02. The highest BCUT2D eigenvalue weighted by molar-refractivity contribution is 5.78. The first-order valence-electron chi connectivity index (χ1n) is 9.81. The van der Waals surface area contributed by atoms with Crippen LogP contribution in [0.2, 0.25) is 0 Å². The molecule has 1 aliphatic rings. The number of aliphatic carboxylic acids is 1. The van der Waals surface area contributed by atoms with Gasteiger partial charge in [-0.1, -0.05) is 18.1 Å². The maximum absolute atomic E-state index is 12.1. The number of hydrogen-bond acceptors (Lipinski definition) is 8. The van der Waals surface area contributed by atoms with Gasteiger partial charge in [-0.25, -0.2) is 4.79 Å². The standard InChI is InChI=1S/C21H26N2O9/c1-2-11-3-5-12(6-4-11)7-16(27)22-9-14(26)19(29)20-18(23-17(28)10-24)13(25)8-15(32-20)21(30)31/h1,3-6,13-15,18-20,24-26,29H,7-10H2,(H,22,27)(H,23,28)(H,30,31)/t13?,14-,15?,18?,19-,20?/m1/s1. The first kappa shape index (κ1) is 25.3. The maximum atomic E-state index is 12.1. The molecule has 11 heteroatoms. The quantitative estimate of drug-likeness (QED) is 0.194. The van der Waals surface area contributed by atoms with Crippen LogP contribution < -0.4 is 10.6 Å². The van der Waals surface area contributed by atoms with Gasteiger partial charge >= 0.3 is 5.97 Å². The SMILES string of the molecule is C#Cc1ccc(CC(=O)NC[C@@H](O)[C@@H](O)C2OC(C(=O)O)CC(O)C2NC(=O)CO)cc1. The molecule has 1 heterocycles. The topological polar surface area (TPSA) is 186 Å². The molecule has 1 saturated heterocycles. The molecule has 0 saturated carbocycles. The van der Waals surface area contributed by atoms with Crippen molar-refractivity contribution in [3.63, 3.8) is 0 Å². The van der Waals surface area contributed by atoms with E-state index in [2.05, 4.69) is 16.6 Å². The first-order valence-corrected chi connectivity index (χ1v) is 9.81. The van der Waals surface area contributed by atoms with E-state index in [0.717, 1.165) is 0 Å². The summed E-state index contributed by atoms with van der Waals surface area (Å²) in [6.07, 6.45) is -2.92. The first-order chi connectivity index (χ1) is 15.2. The molecule has 1 aromatic carbocycles. The molecule has 0 spiro atoms. The Balaban J connectivity index is 2.00. The average Bonchev–Trinajstić information content (AvgIpc) is 2.78. The summed E-state index contributed by atoms with van der Waals surface area (Å²) in [4.78, 5) is 35.0. The second kappa shape index (κ2) is 11.6. The Kier molecular flexibility index (Phi) is 9.13. The van der Waals surface area contributed by atoms with Gasteiger partial charge in [0.2, 0.25) is 11.8 Å². The Bertz CT molecular complexity index is 852. The number of aliphatic hydroxyl groups is 4. The molecule has 0 aromatic heterocycles. The van der Waals surface area contributed by atoms with Gasteiger partial charge in [0, 0.05) is 18.5 Å². The zero-order valence-corrected chi connectivity index (χ0v) is 17.0. The molecular weight excluding hydrogens is 424 g/mol. The fourth-order valence-electron chi connectivity index (χ4n) is 3.30. The van der Waals surface area contributed by atoms with Gasteiger partial charge in [-0.3, -0.25) is 9.59 Å². The third kappa shape index (κ3) is 6.74. The number of carboxylic acids is 1. The van der Waals surface area contributed by atoms with Crippen molar-refractivity contribution in [2.45, 2.75) is 49.4 Å². The van der Waals surface area contributed by atoms with E-state index in [9.17, 15) is 34.8 Å². The summed E-state index contributed by atoms with van der Waals surface area (Å²) >= 11 is 0. The molecule has 11 nitrogen and oxygen atoms in total. The summed E-state index contributed by atoms with van der Waals surface area (Å²) in [7, 11) is 0. The zero-order chi connectivity index (χ0) is 23.8. The van der Waals surface area contributed by atoms with E-state index in [1.807, 2.05) is 0 Å². The summed E-state index contributed by atoms with van der Waals surface area (Å²) in [5.41, 5.74) is 1.33. The van der Waals surface area contributed by atoms with Crippen molar-refractivity contribution >= 4 is 17.8 Å². The van der Waals surface area contributed by atoms with Crippen molar-refractivity contribution < 1.29 is 44.7 Å². The number of terminal acetylenes is 1. The van der Waals surface area contributed by atoms with E-state index in [1.54, 1.807) is 24.3 Å². The van der Waals surface area contributed by atoms with Gasteiger partial charge in [0.15, 0.2) is 6.10 Å². The van der Waals surface area contributed by atoms with Crippen molar-refractivity contribution in [3.8, 4) is 12.3 Å². The van der Waals surface area contributed by atoms with Crippen LogP contribution >= 0.6 is 0 Å². The Morgan fingerprint density at radius 1 is 1.19 bits per heavy atom. The predicted octanol–water partition coefficient (Wildman–Crippen LogP) is -2.87. The van der Waals surface area contributed by atoms with Crippen LogP contribution in [0.25, 0.3) is 0 Å². The van der Waals surface area contributed by atoms with Gasteiger partial charge in [-0.05, 0) is 17.7 Å². The number of carbonyl (C=O) groups is 3. The minimum absolute atomic E-state index is 0.0113. The lowest BCUT2D eigenvalue weighted by atomic mass is 9.90. The lowest BCUT2D eigenvalue weighted by Crippen LogP contribution is -2.64.